The number of guanidine groups is 2. The second-order valence-electron chi connectivity index (χ2n) is 4.83. The van der Waals surface area contributed by atoms with Crippen LogP contribution >= 0.6 is 0 Å². The highest BCUT2D eigenvalue weighted by molar-refractivity contribution is 6.02. The fourth-order valence-corrected chi connectivity index (χ4v) is 1.97. The van der Waals surface area contributed by atoms with Gasteiger partial charge in [-0.3, -0.25) is 16.1 Å². The largest absolute Gasteiger partial charge is 0.343 e. The maximum absolute atomic E-state index is 8.03. The maximum atomic E-state index is 8.03. The Hall–Kier alpha value is -2.04. The van der Waals surface area contributed by atoms with Crippen LogP contribution in [0, 0.1) is 17.7 Å². The molecule has 5 heteroatoms. The van der Waals surface area contributed by atoms with E-state index in [1.165, 1.54) is 0 Å². The summed E-state index contributed by atoms with van der Waals surface area (Å²) in [4.78, 5) is 1.95. The normalized spacial score (nSPS) is 9.95. The first-order valence-corrected chi connectivity index (χ1v) is 7.09. The Labute approximate surface area is 121 Å². The minimum absolute atomic E-state index is 0.123. The van der Waals surface area contributed by atoms with E-state index in [-0.39, 0.29) is 11.9 Å². The molecule has 0 radical (unpaired) electrons. The Balaban J connectivity index is 2.54. The topological polar surface area (TPSA) is 75.0 Å². The van der Waals surface area contributed by atoms with Gasteiger partial charge >= 0.3 is 0 Å². The van der Waals surface area contributed by atoms with Gasteiger partial charge in [0.15, 0.2) is 11.9 Å². The van der Waals surface area contributed by atoms with Crippen LogP contribution in [0.3, 0.4) is 0 Å². The van der Waals surface area contributed by atoms with Crippen molar-refractivity contribution in [2.45, 2.75) is 33.6 Å². The van der Waals surface area contributed by atoms with Crippen LogP contribution in [-0.2, 0) is 0 Å². The highest BCUT2D eigenvalue weighted by Crippen LogP contribution is 2.08. The zero-order valence-corrected chi connectivity index (χ0v) is 12.6. The molecule has 110 valence electrons. The Morgan fingerprint density at radius 2 is 1.80 bits per heavy atom. The summed E-state index contributed by atoms with van der Waals surface area (Å²) in [6.45, 7) is 7.85. The van der Waals surface area contributed by atoms with Gasteiger partial charge in [0, 0.05) is 18.8 Å². The van der Waals surface area contributed by atoms with Gasteiger partial charge in [0.05, 0.1) is 0 Å². The van der Waals surface area contributed by atoms with E-state index in [9.17, 15) is 0 Å². The van der Waals surface area contributed by atoms with Gasteiger partial charge in [-0.15, -0.1) is 0 Å². The lowest BCUT2D eigenvalue weighted by atomic mass is 10.2. The van der Waals surface area contributed by atoms with Crippen molar-refractivity contribution >= 4 is 17.6 Å². The predicted molar refractivity (Wildman–Crippen MR) is 85.5 cm³/mol. The quantitative estimate of drug-likeness (QED) is 0.493. The number of aryl methyl sites for hydroxylation is 1. The molecule has 1 rings (SSSR count). The molecule has 1 aromatic rings. The van der Waals surface area contributed by atoms with Crippen molar-refractivity contribution in [3.05, 3.63) is 29.8 Å². The smallest absolute Gasteiger partial charge is 0.199 e. The van der Waals surface area contributed by atoms with Crippen LogP contribution in [0.25, 0.3) is 0 Å². The Kier molecular flexibility index (Phi) is 6.56. The lowest BCUT2D eigenvalue weighted by Crippen LogP contribution is -2.46. The Bertz CT molecular complexity index is 449. The van der Waals surface area contributed by atoms with Crippen molar-refractivity contribution in [1.29, 1.82) is 10.8 Å². The summed E-state index contributed by atoms with van der Waals surface area (Å²) in [7, 11) is 0. The van der Waals surface area contributed by atoms with Crippen LogP contribution < -0.4 is 10.6 Å². The molecule has 0 heterocycles. The van der Waals surface area contributed by atoms with Crippen LogP contribution in [0.2, 0.25) is 0 Å². The van der Waals surface area contributed by atoms with Crippen LogP contribution in [0.5, 0.6) is 0 Å². The summed E-state index contributed by atoms with van der Waals surface area (Å²) in [6, 6.07) is 7.82. The summed E-state index contributed by atoms with van der Waals surface area (Å²) in [5.41, 5.74) is 1.99. The van der Waals surface area contributed by atoms with Gasteiger partial charge in [-0.05, 0) is 37.5 Å². The Morgan fingerprint density at radius 1 is 1.15 bits per heavy atom. The average molecular weight is 275 g/mol. The molecule has 0 amide bonds. The number of anilines is 1. The standard InChI is InChI=1S/C15H25N5/c1-4-9-20(10-5-2)15(17)19-14(16)18-13-8-6-7-12(3)11-13/h6-8,11H,4-5,9-10H2,1-3H3,(H4,16,17,18,19). The van der Waals surface area contributed by atoms with Crippen molar-refractivity contribution in [3.8, 4) is 0 Å². The van der Waals surface area contributed by atoms with Crippen molar-refractivity contribution in [2.24, 2.45) is 0 Å². The zero-order valence-electron chi connectivity index (χ0n) is 12.6. The maximum Gasteiger partial charge on any atom is 0.199 e. The lowest BCUT2D eigenvalue weighted by molar-refractivity contribution is 0.405. The van der Waals surface area contributed by atoms with E-state index in [4.69, 9.17) is 10.8 Å². The van der Waals surface area contributed by atoms with Gasteiger partial charge in [0.2, 0.25) is 0 Å². The molecular formula is C15H25N5. The lowest BCUT2D eigenvalue weighted by Gasteiger charge is -2.25. The molecule has 0 aliphatic rings. The van der Waals surface area contributed by atoms with E-state index >= 15 is 0 Å². The van der Waals surface area contributed by atoms with Gasteiger partial charge in [0.25, 0.3) is 0 Å². The summed E-state index contributed by atoms with van der Waals surface area (Å²) in [5.74, 6) is 0.400. The van der Waals surface area contributed by atoms with Gasteiger partial charge in [0.1, 0.15) is 0 Å². The average Bonchev–Trinajstić information content (AvgIpc) is 2.38. The van der Waals surface area contributed by atoms with Crippen LogP contribution in [0.15, 0.2) is 24.3 Å². The molecule has 1 aromatic carbocycles. The fraction of sp³-hybridized carbons (Fsp3) is 0.467. The molecule has 0 bridgehead atoms. The highest BCUT2D eigenvalue weighted by atomic mass is 15.3. The first-order chi connectivity index (χ1) is 9.56. The van der Waals surface area contributed by atoms with Crippen LogP contribution in [-0.4, -0.2) is 29.9 Å². The molecule has 20 heavy (non-hydrogen) atoms. The molecule has 0 unspecified atom stereocenters. The number of benzene rings is 1. The molecule has 0 fully saturated rings. The van der Waals surface area contributed by atoms with E-state index < -0.39 is 0 Å². The second kappa shape index (κ2) is 8.19. The fourth-order valence-electron chi connectivity index (χ4n) is 1.97. The zero-order chi connectivity index (χ0) is 15.0. The monoisotopic (exact) mass is 275 g/mol. The summed E-state index contributed by atoms with van der Waals surface area (Å²) >= 11 is 0. The number of hydrogen-bond acceptors (Lipinski definition) is 2. The molecule has 4 N–H and O–H groups in total. The van der Waals surface area contributed by atoms with Gasteiger partial charge in [-0.2, -0.15) is 0 Å². The molecule has 0 aliphatic carbocycles. The highest BCUT2D eigenvalue weighted by Gasteiger charge is 2.09. The molecule has 5 nitrogen and oxygen atoms in total. The third kappa shape index (κ3) is 5.30. The van der Waals surface area contributed by atoms with E-state index in [0.717, 1.165) is 37.2 Å². The van der Waals surface area contributed by atoms with Crippen molar-refractivity contribution < 1.29 is 0 Å². The number of nitrogens with one attached hydrogen (secondary N) is 4. The van der Waals surface area contributed by atoms with E-state index in [2.05, 4.69) is 24.5 Å². The SMILES string of the molecule is CCCN(CCC)C(=N)NC(=N)Nc1cccc(C)c1. The molecule has 0 saturated heterocycles. The van der Waals surface area contributed by atoms with E-state index in [1.807, 2.05) is 36.1 Å². The Morgan fingerprint density at radius 3 is 2.35 bits per heavy atom. The summed E-state index contributed by atoms with van der Waals surface area (Å²) in [6.07, 6.45) is 1.98. The van der Waals surface area contributed by atoms with Gasteiger partial charge < -0.3 is 10.2 Å². The third-order valence-corrected chi connectivity index (χ3v) is 2.83. The molecule has 0 saturated carbocycles. The van der Waals surface area contributed by atoms with Crippen LogP contribution in [0.4, 0.5) is 5.69 Å². The summed E-state index contributed by atoms with van der Waals surface area (Å²) < 4.78 is 0. The number of rotatable bonds is 5. The van der Waals surface area contributed by atoms with Gasteiger partial charge in [-0.1, -0.05) is 26.0 Å². The first-order valence-electron chi connectivity index (χ1n) is 7.09. The van der Waals surface area contributed by atoms with E-state index in [1.54, 1.807) is 0 Å². The minimum atomic E-state index is 0.123. The third-order valence-electron chi connectivity index (χ3n) is 2.83. The van der Waals surface area contributed by atoms with Gasteiger partial charge in [-0.25, -0.2) is 0 Å². The molecule has 0 aromatic heterocycles. The minimum Gasteiger partial charge on any atom is -0.343 e. The van der Waals surface area contributed by atoms with Crippen LogP contribution in [0.1, 0.15) is 32.3 Å². The van der Waals surface area contributed by atoms with Crippen molar-refractivity contribution in [1.82, 2.24) is 10.2 Å². The molecule has 0 spiro atoms. The first kappa shape index (κ1) is 16.0. The summed E-state index contributed by atoms with van der Waals surface area (Å²) in [5, 5.41) is 21.7. The molecular weight excluding hydrogens is 250 g/mol. The van der Waals surface area contributed by atoms with Crippen molar-refractivity contribution in [3.63, 3.8) is 0 Å². The second-order valence-corrected chi connectivity index (χ2v) is 4.83. The van der Waals surface area contributed by atoms with E-state index in [0.29, 0.717) is 0 Å². The molecule has 0 atom stereocenters. The number of nitrogens with zero attached hydrogens (tertiary/aromatic N) is 1. The molecule has 0 aliphatic heterocycles. The van der Waals surface area contributed by atoms with Crippen molar-refractivity contribution in [2.75, 3.05) is 18.4 Å². The number of hydrogen-bond donors (Lipinski definition) is 4. The predicted octanol–water partition coefficient (Wildman–Crippen LogP) is 2.99.